The summed E-state index contributed by atoms with van der Waals surface area (Å²) < 4.78 is 39.2. The number of rotatable bonds is 9. The van der Waals surface area contributed by atoms with E-state index in [-0.39, 0.29) is 13.1 Å². The molecule has 5 rings (SSSR count). The van der Waals surface area contributed by atoms with E-state index in [9.17, 15) is 4.79 Å². The van der Waals surface area contributed by atoms with E-state index >= 15 is 8.42 Å². The van der Waals surface area contributed by atoms with Crippen LogP contribution >= 0.6 is 15.9 Å². The smallest absolute Gasteiger partial charge is 0.302 e. The van der Waals surface area contributed by atoms with E-state index in [1.165, 1.54) is 6.92 Å². The Balaban J connectivity index is 1.69. The molecule has 1 heterocycles. The van der Waals surface area contributed by atoms with Crippen LogP contribution in [0.2, 0.25) is 0 Å². The van der Waals surface area contributed by atoms with Gasteiger partial charge in [-0.3, -0.25) is 4.79 Å². The Hall–Kier alpha value is -3.30. The third-order valence-electron chi connectivity index (χ3n) is 7.63. The van der Waals surface area contributed by atoms with E-state index in [4.69, 9.17) is 4.74 Å². The topological polar surface area (TPSA) is 66.9 Å². The van der Waals surface area contributed by atoms with E-state index < -0.39 is 39.2 Å². The molecule has 0 bridgehead atoms. The highest BCUT2D eigenvalue weighted by Crippen LogP contribution is 2.37. The van der Waals surface area contributed by atoms with E-state index in [2.05, 4.69) is 15.9 Å². The van der Waals surface area contributed by atoms with Crippen LogP contribution in [0.4, 0.5) is 0 Å². The van der Waals surface area contributed by atoms with Gasteiger partial charge in [-0.15, -0.1) is 0 Å². The highest BCUT2D eigenvalue weighted by atomic mass is 79.9. The SMILES string of the molecule is CC(=O)O[C@@H]1[C@H](Br)[C@@H](Cc2ccccc2)N(Cc2ccccc2)S(=O)(=O)N(Cc2ccccc2)[C@@H]1Cc1ccccc1. The van der Waals surface area contributed by atoms with Gasteiger partial charge in [-0.1, -0.05) is 137 Å². The first-order valence-electron chi connectivity index (χ1n) is 14.1. The van der Waals surface area contributed by atoms with Crippen molar-refractivity contribution in [1.82, 2.24) is 8.61 Å². The molecule has 1 aliphatic heterocycles. The lowest BCUT2D eigenvalue weighted by Gasteiger charge is -2.35. The average Bonchev–Trinajstić information content (AvgIpc) is 3.05. The summed E-state index contributed by atoms with van der Waals surface area (Å²) >= 11 is 3.92. The van der Waals surface area contributed by atoms with Crippen LogP contribution < -0.4 is 0 Å². The van der Waals surface area contributed by atoms with Gasteiger partial charge in [0.25, 0.3) is 10.2 Å². The maximum atomic E-state index is 15.0. The Morgan fingerprint density at radius 2 is 1.00 bits per heavy atom. The molecule has 0 radical (unpaired) electrons. The largest absolute Gasteiger partial charge is 0.460 e. The van der Waals surface area contributed by atoms with Crippen molar-refractivity contribution in [3.63, 3.8) is 0 Å². The van der Waals surface area contributed by atoms with Gasteiger partial charge in [0.2, 0.25) is 0 Å². The summed E-state index contributed by atoms with van der Waals surface area (Å²) in [6.45, 7) is 1.70. The maximum Gasteiger partial charge on any atom is 0.302 e. The van der Waals surface area contributed by atoms with Crippen molar-refractivity contribution in [2.75, 3.05) is 0 Å². The van der Waals surface area contributed by atoms with Gasteiger partial charge in [-0.2, -0.15) is 17.0 Å². The number of hydrogen-bond donors (Lipinski definition) is 0. The molecular weight excluding hydrogens is 612 g/mol. The molecule has 0 N–H and O–H groups in total. The summed E-state index contributed by atoms with van der Waals surface area (Å²) in [5, 5.41) is 0. The predicted octanol–water partition coefficient (Wildman–Crippen LogP) is 6.17. The van der Waals surface area contributed by atoms with Crippen LogP contribution in [0.5, 0.6) is 0 Å². The number of nitrogens with zero attached hydrogens (tertiary/aromatic N) is 2. The summed E-state index contributed by atoms with van der Waals surface area (Å²) in [7, 11) is -4.09. The van der Waals surface area contributed by atoms with Gasteiger partial charge in [-0.25, -0.2) is 0 Å². The van der Waals surface area contributed by atoms with Gasteiger partial charge >= 0.3 is 5.97 Å². The molecule has 8 heteroatoms. The van der Waals surface area contributed by atoms with E-state index in [0.717, 1.165) is 22.3 Å². The monoisotopic (exact) mass is 646 g/mol. The Morgan fingerprint density at radius 1 is 0.643 bits per heavy atom. The first kappa shape index (κ1) is 30.2. The molecule has 0 amide bonds. The molecule has 4 aromatic carbocycles. The van der Waals surface area contributed by atoms with Crippen LogP contribution in [0, 0.1) is 0 Å². The molecule has 6 nitrogen and oxygen atoms in total. The molecule has 1 fully saturated rings. The third-order valence-corrected chi connectivity index (χ3v) is 10.7. The second-order valence-corrected chi connectivity index (χ2v) is 13.5. The van der Waals surface area contributed by atoms with Gasteiger partial charge < -0.3 is 4.74 Å². The highest BCUT2D eigenvalue weighted by Gasteiger charge is 2.51. The van der Waals surface area contributed by atoms with Crippen molar-refractivity contribution in [2.45, 2.75) is 55.9 Å². The predicted molar refractivity (Wildman–Crippen MR) is 169 cm³/mol. The van der Waals surface area contributed by atoms with Crippen molar-refractivity contribution in [3.8, 4) is 0 Å². The van der Waals surface area contributed by atoms with Gasteiger partial charge in [0, 0.05) is 26.1 Å². The number of hydrogen-bond acceptors (Lipinski definition) is 4. The maximum absolute atomic E-state index is 15.0. The Bertz CT molecular complexity index is 1540. The number of ether oxygens (including phenoxy) is 1. The second-order valence-electron chi connectivity index (χ2n) is 10.6. The second kappa shape index (κ2) is 13.8. The van der Waals surface area contributed by atoms with Crippen LogP contribution in [0.25, 0.3) is 0 Å². The molecular formula is C34H35BrN2O4S. The first-order valence-corrected chi connectivity index (χ1v) is 16.4. The first-order chi connectivity index (χ1) is 20.3. The zero-order valence-electron chi connectivity index (χ0n) is 23.5. The minimum Gasteiger partial charge on any atom is -0.460 e. The van der Waals surface area contributed by atoms with E-state index in [0.29, 0.717) is 12.8 Å². The van der Waals surface area contributed by atoms with Crippen molar-refractivity contribution in [2.24, 2.45) is 0 Å². The fraction of sp³-hybridized carbons (Fsp3) is 0.265. The Labute approximate surface area is 257 Å². The molecule has 218 valence electrons. The number of carbonyl (C=O) groups excluding carboxylic acids is 1. The van der Waals surface area contributed by atoms with Crippen molar-refractivity contribution in [1.29, 1.82) is 0 Å². The van der Waals surface area contributed by atoms with Gasteiger partial charge in [0.1, 0.15) is 6.10 Å². The van der Waals surface area contributed by atoms with Crippen LogP contribution in [-0.4, -0.2) is 46.0 Å². The molecule has 4 atom stereocenters. The van der Waals surface area contributed by atoms with Crippen molar-refractivity contribution >= 4 is 32.1 Å². The molecule has 0 aliphatic carbocycles. The molecule has 0 saturated carbocycles. The Kier molecular flexibility index (Phi) is 9.90. The number of esters is 1. The third kappa shape index (κ3) is 7.18. The lowest BCUT2D eigenvalue weighted by atomic mass is 9.92. The average molecular weight is 648 g/mol. The van der Waals surface area contributed by atoms with E-state index in [1.807, 2.05) is 121 Å². The van der Waals surface area contributed by atoms with Gasteiger partial charge in [0.15, 0.2) is 0 Å². The Morgan fingerprint density at radius 3 is 1.40 bits per heavy atom. The summed E-state index contributed by atoms with van der Waals surface area (Å²) in [6, 6.07) is 37.6. The fourth-order valence-corrected chi connectivity index (χ4v) is 8.70. The van der Waals surface area contributed by atoms with E-state index in [1.54, 1.807) is 8.61 Å². The summed E-state index contributed by atoms with van der Waals surface area (Å²) in [6.07, 6.45) is 0.0674. The summed E-state index contributed by atoms with van der Waals surface area (Å²) in [5.41, 5.74) is 3.69. The summed E-state index contributed by atoms with van der Waals surface area (Å²) in [4.78, 5) is 12.1. The minimum absolute atomic E-state index is 0.140. The van der Waals surface area contributed by atoms with Crippen LogP contribution in [0.15, 0.2) is 121 Å². The summed E-state index contributed by atoms with van der Waals surface area (Å²) in [5.74, 6) is -0.449. The minimum atomic E-state index is -4.09. The quantitative estimate of drug-likeness (QED) is 0.161. The standard InChI is InChI=1S/C34H35BrN2O4S/c1-26(38)41-34-32(23-28-16-8-3-9-17-28)37(25-30-20-12-5-13-21-30)42(39,40)36(24-29-18-10-4-11-19-29)31(33(34)35)22-27-14-6-2-7-15-27/h2-21,31-34H,22-25H2,1H3/t31-,32-,33-,34+/m1/s1. The van der Waals surface area contributed by atoms with Crippen molar-refractivity contribution < 1.29 is 17.9 Å². The molecule has 4 aromatic rings. The van der Waals surface area contributed by atoms with Crippen LogP contribution in [-0.2, 0) is 45.7 Å². The molecule has 1 aliphatic rings. The fourth-order valence-electron chi connectivity index (χ4n) is 5.63. The lowest BCUT2D eigenvalue weighted by Crippen LogP contribution is -2.51. The number of benzene rings is 4. The molecule has 0 spiro atoms. The number of carbonyl (C=O) groups is 1. The number of halogens is 1. The molecule has 1 saturated heterocycles. The van der Waals surface area contributed by atoms with Gasteiger partial charge in [-0.05, 0) is 35.1 Å². The lowest BCUT2D eigenvalue weighted by molar-refractivity contribution is -0.149. The van der Waals surface area contributed by atoms with Crippen LogP contribution in [0.3, 0.4) is 0 Å². The van der Waals surface area contributed by atoms with Crippen molar-refractivity contribution in [3.05, 3.63) is 144 Å². The molecule has 0 aromatic heterocycles. The van der Waals surface area contributed by atoms with Gasteiger partial charge in [0.05, 0.1) is 10.9 Å². The zero-order valence-corrected chi connectivity index (χ0v) is 25.9. The van der Waals surface area contributed by atoms with Crippen LogP contribution in [0.1, 0.15) is 29.2 Å². The molecule has 0 unspecified atom stereocenters. The highest BCUT2D eigenvalue weighted by molar-refractivity contribution is 9.09. The number of alkyl halides is 1. The normalized spacial score (nSPS) is 22.7. The molecule has 42 heavy (non-hydrogen) atoms. The zero-order chi connectivity index (χ0) is 29.5.